The number of carbonyl (C=O) groups is 2. The van der Waals surface area contributed by atoms with Gasteiger partial charge < -0.3 is 0 Å². The lowest BCUT2D eigenvalue weighted by atomic mass is 10.1. The van der Waals surface area contributed by atoms with Crippen molar-refractivity contribution in [3.8, 4) is 0 Å². The highest BCUT2D eigenvalue weighted by Gasteiger charge is 2.11. The average molecular weight is 227 g/mol. The van der Waals surface area contributed by atoms with Crippen LogP contribution in [0.1, 0.15) is 15.9 Å². The molecule has 3 heteroatoms. The van der Waals surface area contributed by atoms with Gasteiger partial charge in [0.2, 0.25) is 5.78 Å². The zero-order valence-electron chi connectivity index (χ0n) is 6.50. The fraction of sp³-hybridized carbons (Fsp3) is 0.111. The van der Waals surface area contributed by atoms with E-state index in [2.05, 4.69) is 15.9 Å². The van der Waals surface area contributed by atoms with E-state index in [1.807, 2.05) is 13.0 Å². The van der Waals surface area contributed by atoms with Crippen molar-refractivity contribution in [1.29, 1.82) is 0 Å². The summed E-state index contributed by atoms with van der Waals surface area (Å²) in [4.78, 5) is 21.7. The second-order valence-electron chi connectivity index (χ2n) is 2.47. The molecule has 1 aromatic rings. The first-order valence-electron chi connectivity index (χ1n) is 3.42. The number of Topliss-reactive ketones (excluding diaryl/α,β-unsaturated/α-hetero) is 1. The largest absolute Gasteiger partial charge is 0.284 e. The van der Waals surface area contributed by atoms with Crippen molar-refractivity contribution in [3.63, 3.8) is 0 Å². The van der Waals surface area contributed by atoms with E-state index < -0.39 is 10.5 Å². The third-order valence-corrected chi connectivity index (χ3v) is 1.82. The summed E-state index contributed by atoms with van der Waals surface area (Å²) in [7, 11) is 0. The lowest BCUT2D eigenvalue weighted by Crippen LogP contribution is -2.06. The zero-order valence-corrected chi connectivity index (χ0v) is 8.09. The zero-order chi connectivity index (χ0) is 9.14. The highest BCUT2D eigenvalue weighted by Crippen LogP contribution is 2.06. The predicted molar refractivity (Wildman–Crippen MR) is 49.4 cm³/mol. The number of benzene rings is 1. The molecule has 0 bridgehead atoms. The monoisotopic (exact) mass is 226 g/mol. The van der Waals surface area contributed by atoms with Gasteiger partial charge in [0.1, 0.15) is 0 Å². The van der Waals surface area contributed by atoms with Crippen molar-refractivity contribution in [1.82, 2.24) is 0 Å². The molecule has 1 rings (SSSR count). The number of hydrogen-bond donors (Lipinski definition) is 0. The van der Waals surface area contributed by atoms with E-state index in [9.17, 15) is 9.59 Å². The number of ketones is 1. The molecule has 0 amide bonds. The minimum Gasteiger partial charge on any atom is -0.284 e. The number of halogens is 1. The molecule has 0 saturated heterocycles. The van der Waals surface area contributed by atoms with E-state index in [1.165, 1.54) is 0 Å². The first-order chi connectivity index (χ1) is 5.61. The van der Waals surface area contributed by atoms with E-state index in [0.29, 0.717) is 5.56 Å². The number of hydrogen-bond acceptors (Lipinski definition) is 2. The van der Waals surface area contributed by atoms with Gasteiger partial charge in [-0.25, -0.2) is 0 Å². The molecule has 0 unspecified atom stereocenters. The maximum Gasteiger partial charge on any atom is 0.268 e. The first kappa shape index (κ1) is 9.13. The molecule has 0 radical (unpaired) electrons. The van der Waals surface area contributed by atoms with Crippen molar-refractivity contribution in [2.75, 3.05) is 0 Å². The molecule has 62 valence electrons. The van der Waals surface area contributed by atoms with E-state index in [-0.39, 0.29) is 0 Å². The Morgan fingerprint density at radius 2 is 2.00 bits per heavy atom. The van der Waals surface area contributed by atoms with Gasteiger partial charge in [-0.05, 0) is 13.0 Å². The Morgan fingerprint density at radius 3 is 2.50 bits per heavy atom. The molecule has 0 aliphatic heterocycles. The Morgan fingerprint density at radius 1 is 1.33 bits per heavy atom. The van der Waals surface area contributed by atoms with Crippen molar-refractivity contribution in [2.24, 2.45) is 0 Å². The van der Waals surface area contributed by atoms with Gasteiger partial charge in [-0.1, -0.05) is 23.8 Å². The SMILES string of the molecule is Cc1cccc(C(=O)C(=O)Br)c1. The standard InChI is InChI=1S/C9H7BrO2/c1-6-3-2-4-7(5-6)8(11)9(10)12/h2-5H,1H3. The van der Waals surface area contributed by atoms with Gasteiger partial charge in [-0.2, -0.15) is 0 Å². The van der Waals surface area contributed by atoms with Crippen LogP contribution >= 0.6 is 15.9 Å². The van der Waals surface area contributed by atoms with Crippen LogP contribution in [0, 0.1) is 6.92 Å². The van der Waals surface area contributed by atoms with Gasteiger partial charge in [0, 0.05) is 21.5 Å². The summed E-state index contributed by atoms with van der Waals surface area (Å²) in [5, 5.41) is 0. The third-order valence-electron chi connectivity index (χ3n) is 1.46. The normalized spacial score (nSPS) is 9.50. The quantitative estimate of drug-likeness (QED) is 0.440. The Hall–Kier alpha value is -0.960. The maximum absolute atomic E-state index is 11.1. The molecule has 0 aliphatic rings. The highest BCUT2D eigenvalue weighted by atomic mass is 79.9. The lowest BCUT2D eigenvalue weighted by Gasteiger charge is -1.96. The van der Waals surface area contributed by atoms with Crippen molar-refractivity contribution >= 4 is 26.4 Å². The van der Waals surface area contributed by atoms with Crippen LogP contribution in [-0.2, 0) is 4.79 Å². The van der Waals surface area contributed by atoms with Gasteiger partial charge in [0.05, 0.1) is 0 Å². The summed E-state index contributed by atoms with van der Waals surface area (Å²) in [5.41, 5.74) is 1.39. The molecule has 0 aromatic heterocycles. The van der Waals surface area contributed by atoms with Crippen LogP contribution in [0.3, 0.4) is 0 Å². The topological polar surface area (TPSA) is 34.1 Å². The van der Waals surface area contributed by atoms with Crippen molar-refractivity contribution in [3.05, 3.63) is 35.4 Å². The second kappa shape index (κ2) is 3.63. The highest BCUT2D eigenvalue weighted by molar-refractivity contribution is 9.19. The number of carbonyl (C=O) groups excluding carboxylic acids is 2. The fourth-order valence-electron chi connectivity index (χ4n) is 0.900. The molecular formula is C9H7BrO2. The smallest absolute Gasteiger partial charge is 0.268 e. The molecule has 12 heavy (non-hydrogen) atoms. The van der Waals surface area contributed by atoms with Gasteiger partial charge in [0.25, 0.3) is 4.69 Å². The summed E-state index contributed by atoms with van der Waals surface area (Å²) in [5.74, 6) is -0.501. The van der Waals surface area contributed by atoms with Gasteiger partial charge in [-0.15, -0.1) is 0 Å². The van der Waals surface area contributed by atoms with Gasteiger partial charge >= 0.3 is 0 Å². The van der Waals surface area contributed by atoms with Gasteiger partial charge in [0.15, 0.2) is 0 Å². The molecule has 0 atom stereocenters. The van der Waals surface area contributed by atoms with E-state index in [1.54, 1.807) is 18.2 Å². The van der Waals surface area contributed by atoms with E-state index in [0.717, 1.165) is 5.56 Å². The Kier molecular flexibility index (Phi) is 2.76. The van der Waals surface area contributed by atoms with Crippen LogP contribution in [0.2, 0.25) is 0 Å². The van der Waals surface area contributed by atoms with Crippen molar-refractivity contribution < 1.29 is 9.59 Å². The summed E-state index contributed by atoms with van der Waals surface area (Å²) >= 11 is 2.61. The van der Waals surface area contributed by atoms with Crippen LogP contribution < -0.4 is 0 Å². The molecule has 0 heterocycles. The molecule has 0 spiro atoms. The lowest BCUT2D eigenvalue weighted by molar-refractivity contribution is -0.106. The average Bonchev–Trinajstić information content (AvgIpc) is 2.03. The van der Waals surface area contributed by atoms with Crippen LogP contribution in [-0.4, -0.2) is 10.5 Å². The second-order valence-corrected chi connectivity index (χ2v) is 3.19. The number of rotatable bonds is 2. The molecule has 2 nitrogen and oxygen atoms in total. The van der Waals surface area contributed by atoms with Crippen LogP contribution in [0.15, 0.2) is 24.3 Å². The minimum absolute atomic E-state index is 0.428. The van der Waals surface area contributed by atoms with E-state index in [4.69, 9.17) is 0 Å². The summed E-state index contributed by atoms with van der Waals surface area (Å²) in [6.07, 6.45) is 0. The minimum atomic E-state index is -0.604. The van der Waals surface area contributed by atoms with Gasteiger partial charge in [-0.3, -0.25) is 9.59 Å². The van der Waals surface area contributed by atoms with Crippen LogP contribution in [0.5, 0.6) is 0 Å². The molecular weight excluding hydrogens is 220 g/mol. The summed E-state index contributed by atoms with van der Waals surface area (Å²) in [6, 6.07) is 6.92. The molecule has 0 fully saturated rings. The molecule has 1 aromatic carbocycles. The Bertz CT molecular complexity index is 331. The fourth-order valence-corrected chi connectivity index (χ4v) is 1.13. The maximum atomic E-state index is 11.1. The molecule has 0 saturated carbocycles. The van der Waals surface area contributed by atoms with Crippen molar-refractivity contribution in [2.45, 2.75) is 6.92 Å². The molecule has 0 aliphatic carbocycles. The summed E-state index contributed by atoms with van der Waals surface area (Å²) < 4.78 is -0.604. The Balaban J connectivity index is 3.04. The van der Waals surface area contributed by atoms with E-state index >= 15 is 0 Å². The first-order valence-corrected chi connectivity index (χ1v) is 4.21. The predicted octanol–water partition coefficient (Wildman–Crippen LogP) is 2.10. The Labute approximate surface area is 78.7 Å². The summed E-state index contributed by atoms with van der Waals surface area (Å²) in [6.45, 7) is 1.87. The molecule has 0 N–H and O–H groups in total. The van der Waals surface area contributed by atoms with Crippen LogP contribution in [0.4, 0.5) is 0 Å². The third kappa shape index (κ3) is 2.01. The van der Waals surface area contributed by atoms with Crippen LogP contribution in [0.25, 0.3) is 0 Å². The number of aryl methyl sites for hydroxylation is 1.